The van der Waals surface area contributed by atoms with Crippen molar-refractivity contribution in [1.82, 2.24) is 19.4 Å². The van der Waals surface area contributed by atoms with Crippen LogP contribution in [-0.2, 0) is 6.54 Å². The number of nitrogens with two attached hydrogens (primary N) is 1. The van der Waals surface area contributed by atoms with E-state index in [9.17, 15) is 4.79 Å². The van der Waals surface area contributed by atoms with Gasteiger partial charge in [0.2, 0.25) is 5.95 Å². The Labute approximate surface area is 149 Å². The lowest BCUT2D eigenvalue weighted by Gasteiger charge is -2.18. The number of unbranched alkanes of at least 4 members (excludes halogenated alkanes) is 1. The zero-order chi connectivity index (χ0) is 18.2. The summed E-state index contributed by atoms with van der Waals surface area (Å²) in [4.78, 5) is 23.7. The number of rotatable bonds is 10. The summed E-state index contributed by atoms with van der Waals surface area (Å²) >= 11 is 0. The molecular weight excluding hydrogens is 316 g/mol. The van der Waals surface area contributed by atoms with Crippen LogP contribution in [0.1, 0.15) is 40.0 Å². The maximum atomic E-state index is 12.9. The zero-order valence-corrected chi connectivity index (χ0v) is 15.6. The standard InChI is InChI=1S/C18H30N6O/c1-4-7-10-20-16-15-14(21-18(19)22-16)9-13-24(17(15)25)12-8-11-23(5-2)6-3/h9,13H,4-8,10-12H2,1-3H3,(H3,19,20,21,22). The first kappa shape index (κ1) is 19.2. The number of nitrogens with one attached hydrogen (secondary N) is 1. The van der Waals surface area contributed by atoms with Gasteiger partial charge < -0.3 is 20.5 Å². The Morgan fingerprint density at radius 1 is 1.20 bits per heavy atom. The van der Waals surface area contributed by atoms with Crippen LogP contribution >= 0.6 is 0 Å². The number of anilines is 2. The van der Waals surface area contributed by atoms with Crippen molar-refractivity contribution in [1.29, 1.82) is 0 Å². The first-order valence-electron chi connectivity index (χ1n) is 9.23. The molecule has 0 aliphatic rings. The van der Waals surface area contributed by atoms with Crippen LogP contribution in [-0.4, -0.2) is 45.6 Å². The molecule has 0 saturated carbocycles. The van der Waals surface area contributed by atoms with E-state index >= 15 is 0 Å². The number of nitrogen functional groups attached to an aromatic ring is 1. The van der Waals surface area contributed by atoms with Crippen LogP contribution in [0.25, 0.3) is 10.9 Å². The maximum absolute atomic E-state index is 12.9. The molecule has 7 heteroatoms. The second-order valence-corrected chi connectivity index (χ2v) is 6.17. The Balaban J connectivity index is 2.25. The monoisotopic (exact) mass is 346 g/mol. The molecule has 2 aromatic heterocycles. The molecular formula is C18H30N6O. The molecule has 0 radical (unpaired) electrons. The van der Waals surface area contributed by atoms with Gasteiger partial charge in [-0.15, -0.1) is 0 Å². The Morgan fingerprint density at radius 2 is 1.96 bits per heavy atom. The highest BCUT2D eigenvalue weighted by atomic mass is 16.1. The van der Waals surface area contributed by atoms with Crippen molar-refractivity contribution >= 4 is 22.7 Å². The third-order valence-electron chi connectivity index (χ3n) is 4.43. The molecule has 0 aliphatic heterocycles. The van der Waals surface area contributed by atoms with Crippen molar-refractivity contribution in [3.63, 3.8) is 0 Å². The van der Waals surface area contributed by atoms with Crippen molar-refractivity contribution in [3.05, 3.63) is 22.6 Å². The van der Waals surface area contributed by atoms with E-state index in [0.29, 0.717) is 23.3 Å². The van der Waals surface area contributed by atoms with Gasteiger partial charge in [-0.1, -0.05) is 27.2 Å². The predicted octanol–water partition coefficient (Wildman–Crippen LogP) is 2.32. The van der Waals surface area contributed by atoms with Crippen LogP contribution in [0.5, 0.6) is 0 Å². The lowest BCUT2D eigenvalue weighted by atomic mass is 10.2. The van der Waals surface area contributed by atoms with Crippen molar-refractivity contribution in [2.24, 2.45) is 0 Å². The molecule has 7 nitrogen and oxygen atoms in total. The number of aryl methyl sites for hydroxylation is 1. The fourth-order valence-electron chi connectivity index (χ4n) is 2.89. The quantitative estimate of drug-likeness (QED) is 0.642. The molecule has 3 N–H and O–H groups in total. The molecule has 0 bridgehead atoms. The minimum absolute atomic E-state index is 0.0592. The zero-order valence-electron chi connectivity index (χ0n) is 15.6. The third kappa shape index (κ3) is 4.92. The molecule has 138 valence electrons. The minimum atomic E-state index is -0.0592. The molecule has 0 atom stereocenters. The second-order valence-electron chi connectivity index (χ2n) is 6.17. The highest BCUT2D eigenvalue weighted by Crippen LogP contribution is 2.17. The minimum Gasteiger partial charge on any atom is -0.369 e. The Hall–Kier alpha value is -2.15. The largest absolute Gasteiger partial charge is 0.369 e. The molecule has 0 fully saturated rings. The fraction of sp³-hybridized carbons (Fsp3) is 0.611. The normalized spacial score (nSPS) is 11.4. The van der Waals surface area contributed by atoms with Crippen LogP contribution in [0.15, 0.2) is 17.1 Å². The summed E-state index contributed by atoms with van der Waals surface area (Å²) in [6.45, 7) is 10.9. The van der Waals surface area contributed by atoms with Crippen molar-refractivity contribution in [2.75, 3.05) is 37.2 Å². The van der Waals surface area contributed by atoms with Gasteiger partial charge in [0.15, 0.2) is 0 Å². The average Bonchev–Trinajstić information content (AvgIpc) is 2.60. The van der Waals surface area contributed by atoms with Crippen LogP contribution in [0.2, 0.25) is 0 Å². The van der Waals surface area contributed by atoms with Gasteiger partial charge in [-0.3, -0.25) is 4.79 Å². The van der Waals surface area contributed by atoms with Gasteiger partial charge >= 0.3 is 0 Å². The van der Waals surface area contributed by atoms with Gasteiger partial charge in [0, 0.05) is 19.3 Å². The summed E-state index contributed by atoms with van der Waals surface area (Å²) in [5.41, 5.74) is 6.32. The van der Waals surface area contributed by atoms with Gasteiger partial charge in [-0.25, -0.2) is 4.98 Å². The molecule has 0 saturated heterocycles. The van der Waals surface area contributed by atoms with E-state index in [1.165, 1.54) is 0 Å². The number of nitrogens with zero attached hydrogens (tertiary/aromatic N) is 4. The molecule has 2 aromatic rings. The fourth-order valence-corrected chi connectivity index (χ4v) is 2.89. The van der Waals surface area contributed by atoms with Gasteiger partial charge in [0.1, 0.15) is 11.2 Å². The van der Waals surface area contributed by atoms with E-state index in [-0.39, 0.29) is 11.5 Å². The van der Waals surface area contributed by atoms with E-state index in [0.717, 1.165) is 45.4 Å². The second kappa shape index (κ2) is 9.36. The first-order valence-corrected chi connectivity index (χ1v) is 9.23. The number of hydrogen-bond acceptors (Lipinski definition) is 6. The molecule has 0 aliphatic carbocycles. The van der Waals surface area contributed by atoms with Crippen LogP contribution in [0.4, 0.5) is 11.8 Å². The predicted molar refractivity (Wildman–Crippen MR) is 104 cm³/mol. The van der Waals surface area contributed by atoms with E-state index < -0.39 is 0 Å². The molecule has 25 heavy (non-hydrogen) atoms. The van der Waals surface area contributed by atoms with Gasteiger partial charge in [0.05, 0.1) is 5.52 Å². The summed E-state index contributed by atoms with van der Waals surface area (Å²) in [5, 5.41) is 3.76. The number of hydrogen-bond donors (Lipinski definition) is 2. The van der Waals surface area contributed by atoms with Crippen molar-refractivity contribution in [3.8, 4) is 0 Å². The van der Waals surface area contributed by atoms with Crippen LogP contribution < -0.4 is 16.6 Å². The first-order chi connectivity index (χ1) is 12.1. The Morgan fingerprint density at radius 3 is 2.64 bits per heavy atom. The van der Waals surface area contributed by atoms with Gasteiger partial charge in [-0.2, -0.15) is 4.98 Å². The number of pyridine rings is 1. The molecule has 0 amide bonds. The summed E-state index contributed by atoms with van der Waals surface area (Å²) in [6.07, 6.45) is 4.81. The maximum Gasteiger partial charge on any atom is 0.263 e. The van der Waals surface area contributed by atoms with Crippen molar-refractivity contribution in [2.45, 2.75) is 46.6 Å². The highest BCUT2D eigenvalue weighted by Gasteiger charge is 2.12. The van der Waals surface area contributed by atoms with Crippen molar-refractivity contribution < 1.29 is 0 Å². The smallest absolute Gasteiger partial charge is 0.263 e. The lowest BCUT2D eigenvalue weighted by Crippen LogP contribution is -2.27. The van der Waals surface area contributed by atoms with Gasteiger partial charge in [-0.05, 0) is 38.5 Å². The summed E-state index contributed by atoms with van der Waals surface area (Å²) in [5.74, 6) is 0.726. The van der Waals surface area contributed by atoms with Crippen LogP contribution in [0.3, 0.4) is 0 Å². The SMILES string of the molecule is CCCCNc1nc(N)nc2ccn(CCCN(CC)CC)c(=O)c12. The Kier molecular flexibility index (Phi) is 7.18. The highest BCUT2D eigenvalue weighted by molar-refractivity contribution is 5.89. The topological polar surface area (TPSA) is 89.1 Å². The molecule has 0 unspecified atom stereocenters. The van der Waals surface area contributed by atoms with E-state index in [2.05, 4.69) is 41.0 Å². The van der Waals surface area contributed by atoms with E-state index in [1.54, 1.807) is 10.8 Å². The average molecular weight is 346 g/mol. The third-order valence-corrected chi connectivity index (χ3v) is 4.43. The summed E-state index contributed by atoms with van der Waals surface area (Å²) < 4.78 is 1.75. The van der Waals surface area contributed by atoms with Crippen LogP contribution in [0, 0.1) is 0 Å². The van der Waals surface area contributed by atoms with E-state index in [1.807, 2.05) is 6.07 Å². The van der Waals surface area contributed by atoms with Gasteiger partial charge in [0.25, 0.3) is 5.56 Å². The molecule has 0 spiro atoms. The lowest BCUT2D eigenvalue weighted by molar-refractivity contribution is 0.293. The molecule has 2 rings (SSSR count). The Bertz CT molecular complexity index is 738. The summed E-state index contributed by atoms with van der Waals surface area (Å²) in [7, 11) is 0. The molecule has 0 aromatic carbocycles. The summed E-state index contributed by atoms with van der Waals surface area (Å²) in [6, 6.07) is 1.84. The number of fused-ring (bicyclic) bond motifs is 1. The molecule has 2 heterocycles. The number of aromatic nitrogens is 3. The van der Waals surface area contributed by atoms with E-state index in [4.69, 9.17) is 5.73 Å².